The number of aromatic amines is 1. The lowest BCUT2D eigenvalue weighted by Crippen LogP contribution is -2.42. The van der Waals surface area contributed by atoms with Gasteiger partial charge in [-0.25, -0.2) is 9.78 Å². The van der Waals surface area contributed by atoms with E-state index in [9.17, 15) is 14.4 Å². The number of tetrazole rings is 1. The van der Waals surface area contributed by atoms with Gasteiger partial charge in [-0.05, 0) is 46.1 Å². The topological polar surface area (TPSA) is 143 Å². The number of methoxy groups -OCH3 is 1. The minimum absolute atomic E-state index is 0.150. The van der Waals surface area contributed by atoms with E-state index in [4.69, 9.17) is 9.72 Å². The molecule has 12 heteroatoms. The molecule has 0 atom stereocenters. The molecule has 0 saturated heterocycles. The second-order valence-corrected chi connectivity index (χ2v) is 12.3. The van der Waals surface area contributed by atoms with Crippen LogP contribution in [0.1, 0.15) is 45.0 Å². The minimum atomic E-state index is -0.580. The zero-order valence-electron chi connectivity index (χ0n) is 24.7. The summed E-state index contributed by atoms with van der Waals surface area (Å²) in [6.07, 6.45) is 2.50. The van der Waals surface area contributed by atoms with Crippen LogP contribution in [0.2, 0.25) is 0 Å². The molecule has 2 aromatic carbocycles. The van der Waals surface area contributed by atoms with Crippen molar-refractivity contribution in [1.29, 1.82) is 0 Å². The maximum Gasteiger partial charge on any atom is 0.333 e. The Morgan fingerprint density at radius 3 is 2.35 bits per heavy atom. The van der Waals surface area contributed by atoms with Gasteiger partial charge in [0.25, 0.3) is 5.56 Å². The fourth-order valence-corrected chi connectivity index (χ4v) is 5.35. The van der Waals surface area contributed by atoms with Crippen LogP contribution in [-0.4, -0.2) is 52.4 Å². The maximum atomic E-state index is 14.0. The molecule has 1 fully saturated rings. The van der Waals surface area contributed by atoms with Crippen molar-refractivity contribution in [1.82, 2.24) is 39.3 Å². The van der Waals surface area contributed by atoms with Crippen LogP contribution in [0.5, 0.6) is 0 Å². The van der Waals surface area contributed by atoms with Crippen molar-refractivity contribution in [2.24, 2.45) is 11.3 Å². The molecule has 43 heavy (non-hydrogen) atoms. The summed E-state index contributed by atoms with van der Waals surface area (Å²) >= 11 is 0. The Morgan fingerprint density at radius 2 is 1.72 bits per heavy atom. The first-order chi connectivity index (χ1) is 20.6. The zero-order chi connectivity index (χ0) is 30.3. The summed E-state index contributed by atoms with van der Waals surface area (Å²) < 4.78 is 9.33. The fourth-order valence-electron chi connectivity index (χ4n) is 5.35. The molecule has 3 heterocycles. The number of imidazole rings is 1. The highest BCUT2D eigenvalue weighted by Gasteiger charge is 2.29. The SMILES string of the molecule is COC(=O)Cn1c(=O)n(CC2CC2)c(=O)c2c1nc(CC(C)(C)C)n2Cc1ccc(-c2ccccc2-c2nn[nH]n2)cc1. The first-order valence-electron chi connectivity index (χ1n) is 14.3. The summed E-state index contributed by atoms with van der Waals surface area (Å²) in [4.78, 5) is 44.7. The molecule has 12 nitrogen and oxygen atoms in total. The number of nitrogens with one attached hydrogen (secondary N) is 1. The number of aromatic nitrogens is 8. The van der Waals surface area contributed by atoms with Crippen molar-refractivity contribution >= 4 is 17.1 Å². The van der Waals surface area contributed by atoms with Crippen LogP contribution in [0.25, 0.3) is 33.7 Å². The standard InChI is InChI=1S/C31H34N8O4/c1-31(2,3)15-24-32-28-26(29(41)39(17-19-9-10-19)30(42)38(28)18-25(40)43-4)37(24)16-20-11-13-21(14-12-20)22-7-5-6-8-23(22)27-33-35-36-34-27/h5-8,11-14,19H,9-10,15-18H2,1-4H3,(H,33,34,35,36). The van der Waals surface area contributed by atoms with Crippen LogP contribution < -0.4 is 11.2 Å². The van der Waals surface area contributed by atoms with E-state index < -0.39 is 11.7 Å². The Kier molecular flexibility index (Phi) is 7.28. The number of carbonyl (C=O) groups is 1. The Labute approximate surface area is 247 Å². The van der Waals surface area contributed by atoms with Gasteiger partial charge in [-0.15, -0.1) is 10.2 Å². The third-order valence-electron chi connectivity index (χ3n) is 7.65. The van der Waals surface area contributed by atoms with Crippen molar-refractivity contribution in [3.05, 3.63) is 80.8 Å². The summed E-state index contributed by atoms with van der Waals surface area (Å²) in [6, 6.07) is 15.9. The largest absolute Gasteiger partial charge is 0.468 e. The number of hydrogen-bond donors (Lipinski definition) is 1. The summed E-state index contributed by atoms with van der Waals surface area (Å²) in [7, 11) is 1.28. The van der Waals surface area contributed by atoms with E-state index in [0.717, 1.165) is 35.1 Å². The van der Waals surface area contributed by atoms with Gasteiger partial charge in [-0.1, -0.05) is 69.3 Å². The Bertz CT molecular complexity index is 1910. The second-order valence-electron chi connectivity index (χ2n) is 12.3. The molecule has 0 amide bonds. The molecule has 3 aromatic heterocycles. The quantitative estimate of drug-likeness (QED) is 0.261. The predicted molar refractivity (Wildman–Crippen MR) is 160 cm³/mol. The first kappa shape index (κ1) is 28.3. The molecule has 6 rings (SSSR count). The Hall–Kier alpha value is -4.87. The van der Waals surface area contributed by atoms with Crippen molar-refractivity contribution < 1.29 is 9.53 Å². The lowest BCUT2D eigenvalue weighted by Gasteiger charge is -2.19. The van der Waals surface area contributed by atoms with Crippen LogP contribution in [0.3, 0.4) is 0 Å². The van der Waals surface area contributed by atoms with E-state index in [1.807, 2.05) is 53.1 Å². The molecule has 1 N–H and O–H groups in total. The van der Waals surface area contributed by atoms with Crippen LogP contribution in [0.4, 0.5) is 0 Å². The number of benzene rings is 2. The number of ether oxygens (including phenoxy) is 1. The summed E-state index contributed by atoms with van der Waals surface area (Å²) in [5.74, 6) is 0.886. The molecule has 0 bridgehead atoms. The van der Waals surface area contributed by atoms with Gasteiger partial charge in [0.1, 0.15) is 12.4 Å². The Balaban J connectivity index is 1.46. The molecule has 0 aliphatic heterocycles. The van der Waals surface area contributed by atoms with Crippen LogP contribution in [0, 0.1) is 11.3 Å². The van der Waals surface area contributed by atoms with E-state index in [1.54, 1.807) is 0 Å². The van der Waals surface area contributed by atoms with Gasteiger partial charge in [0.2, 0.25) is 5.82 Å². The normalized spacial score (nSPS) is 13.5. The smallest absolute Gasteiger partial charge is 0.333 e. The van der Waals surface area contributed by atoms with E-state index >= 15 is 0 Å². The number of fused-ring (bicyclic) bond motifs is 1. The lowest BCUT2D eigenvalue weighted by atomic mass is 9.92. The van der Waals surface area contributed by atoms with Gasteiger partial charge in [0.05, 0.1) is 7.11 Å². The monoisotopic (exact) mass is 582 g/mol. The third-order valence-corrected chi connectivity index (χ3v) is 7.65. The molecular weight excluding hydrogens is 548 g/mol. The van der Waals surface area contributed by atoms with E-state index in [1.165, 1.54) is 16.2 Å². The molecule has 0 unspecified atom stereocenters. The van der Waals surface area contributed by atoms with Gasteiger partial charge in [0, 0.05) is 25.1 Å². The number of esters is 1. The highest BCUT2D eigenvalue weighted by Crippen LogP contribution is 2.31. The van der Waals surface area contributed by atoms with Crippen LogP contribution in [-0.2, 0) is 35.6 Å². The van der Waals surface area contributed by atoms with E-state index in [2.05, 4.69) is 41.4 Å². The van der Waals surface area contributed by atoms with Gasteiger partial charge < -0.3 is 9.30 Å². The number of carbonyl (C=O) groups excluding carboxylic acids is 1. The van der Waals surface area contributed by atoms with Crippen molar-refractivity contribution in [2.45, 2.75) is 59.7 Å². The molecule has 5 aromatic rings. The highest BCUT2D eigenvalue weighted by atomic mass is 16.5. The average molecular weight is 583 g/mol. The van der Waals surface area contributed by atoms with Crippen molar-refractivity contribution in [3.8, 4) is 22.5 Å². The van der Waals surface area contributed by atoms with E-state index in [0.29, 0.717) is 36.7 Å². The number of nitrogens with zero attached hydrogens (tertiary/aromatic N) is 7. The summed E-state index contributed by atoms with van der Waals surface area (Å²) in [5, 5.41) is 14.5. The zero-order valence-corrected chi connectivity index (χ0v) is 24.7. The predicted octanol–water partition coefficient (Wildman–Crippen LogP) is 3.43. The average Bonchev–Trinajstić information content (AvgIpc) is 3.51. The highest BCUT2D eigenvalue weighted by molar-refractivity contribution is 5.80. The van der Waals surface area contributed by atoms with Gasteiger partial charge in [-0.3, -0.25) is 18.7 Å². The first-order valence-corrected chi connectivity index (χ1v) is 14.3. The van der Waals surface area contributed by atoms with Gasteiger partial charge in [0.15, 0.2) is 11.2 Å². The van der Waals surface area contributed by atoms with Crippen LogP contribution >= 0.6 is 0 Å². The summed E-state index contributed by atoms with van der Waals surface area (Å²) in [5.41, 5.74) is 3.21. The molecule has 222 valence electrons. The number of rotatable bonds is 9. The van der Waals surface area contributed by atoms with Gasteiger partial charge in [-0.2, -0.15) is 5.21 Å². The van der Waals surface area contributed by atoms with Crippen molar-refractivity contribution in [3.63, 3.8) is 0 Å². The fraction of sp³-hybridized carbons (Fsp3) is 0.387. The number of H-pyrrole nitrogens is 1. The van der Waals surface area contributed by atoms with Crippen molar-refractivity contribution in [2.75, 3.05) is 7.11 Å². The molecule has 1 saturated carbocycles. The number of hydrogen-bond acceptors (Lipinski definition) is 8. The van der Waals surface area contributed by atoms with Crippen LogP contribution in [0.15, 0.2) is 58.1 Å². The third kappa shape index (κ3) is 5.77. The minimum Gasteiger partial charge on any atom is -0.468 e. The van der Waals surface area contributed by atoms with E-state index in [-0.39, 0.29) is 29.1 Å². The molecule has 1 aliphatic rings. The second kappa shape index (κ2) is 11.1. The lowest BCUT2D eigenvalue weighted by molar-refractivity contribution is -0.141. The maximum absolute atomic E-state index is 14.0. The molecular formula is C31H34N8O4. The molecule has 0 spiro atoms. The summed E-state index contributed by atoms with van der Waals surface area (Å²) in [6.45, 7) is 6.66. The molecule has 1 aliphatic carbocycles. The molecule has 0 radical (unpaired) electrons. The van der Waals surface area contributed by atoms with Gasteiger partial charge >= 0.3 is 11.7 Å². The Morgan fingerprint density at radius 1 is 1.00 bits per heavy atom.